The van der Waals surface area contributed by atoms with Crippen LogP contribution < -0.4 is 20.4 Å². The molecule has 2 aliphatic rings. The third kappa shape index (κ3) is 6.22. The summed E-state index contributed by atoms with van der Waals surface area (Å²) in [5, 5.41) is 15.8. The van der Waals surface area contributed by atoms with Crippen molar-refractivity contribution in [2.24, 2.45) is 5.92 Å². The molecule has 1 amide bonds. The van der Waals surface area contributed by atoms with Crippen LogP contribution >= 0.6 is 0 Å². The molecule has 5 rings (SSSR count). The SMILES string of the molecule is Cc1ccccc1-c1ccc(C[C@H](NC(=O)C2CCCN(c3ncnc(N4CCNCC4)c3F)C2)C(=O)O)cc1. The topological polar surface area (TPSA) is 111 Å². The van der Waals surface area contributed by atoms with E-state index in [2.05, 4.69) is 39.7 Å². The normalized spacial score (nSPS) is 18.3. The minimum atomic E-state index is -1.09. The lowest BCUT2D eigenvalue weighted by Gasteiger charge is -2.34. The minimum Gasteiger partial charge on any atom is -0.480 e. The molecule has 40 heavy (non-hydrogen) atoms. The van der Waals surface area contributed by atoms with Gasteiger partial charge >= 0.3 is 5.97 Å². The van der Waals surface area contributed by atoms with Gasteiger partial charge in [0.05, 0.1) is 5.92 Å². The number of aromatic nitrogens is 2. The van der Waals surface area contributed by atoms with Gasteiger partial charge in [-0.2, -0.15) is 4.39 Å². The molecule has 3 N–H and O–H groups in total. The number of nitrogens with zero attached hydrogens (tertiary/aromatic N) is 4. The number of piperazine rings is 1. The van der Waals surface area contributed by atoms with Crippen LogP contribution in [0.25, 0.3) is 11.1 Å². The van der Waals surface area contributed by atoms with E-state index in [4.69, 9.17) is 0 Å². The lowest BCUT2D eigenvalue weighted by atomic mass is 9.95. The van der Waals surface area contributed by atoms with Crippen molar-refractivity contribution >= 4 is 23.5 Å². The summed E-state index contributed by atoms with van der Waals surface area (Å²) in [6.45, 7) is 5.70. The van der Waals surface area contributed by atoms with Gasteiger partial charge in [0.2, 0.25) is 11.7 Å². The zero-order valence-corrected chi connectivity index (χ0v) is 22.6. The number of aliphatic carboxylic acids is 1. The molecule has 3 aromatic rings. The van der Waals surface area contributed by atoms with Gasteiger partial charge in [0.15, 0.2) is 11.6 Å². The molecule has 1 unspecified atom stereocenters. The van der Waals surface area contributed by atoms with Crippen LogP contribution in [-0.4, -0.2) is 72.3 Å². The second kappa shape index (κ2) is 12.4. The Morgan fingerprint density at radius 3 is 2.45 bits per heavy atom. The van der Waals surface area contributed by atoms with Gasteiger partial charge in [-0.15, -0.1) is 0 Å². The first-order valence-electron chi connectivity index (χ1n) is 13.8. The molecular weight excluding hydrogens is 511 g/mol. The molecule has 9 nitrogen and oxygen atoms in total. The molecule has 210 valence electrons. The van der Waals surface area contributed by atoms with Gasteiger partial charge in [-0.1, -0.05) is 48.5 Å². The summed E-state index contributed by atoms with van der Waals surface area (Å²) in [6.07, 6.45) is 2.80. The molecular formula is C30H35FN6O3. The van der Waals surface area contributed by atoms with E-state index in [0.29, 0.717) is 32.5 Å². The molecule has 0 spiro atoms. The zero-order chi connectivity index (χ0) is 28.1. The first-order chi connectivity index (χ1) is 19.4. The number of rotatable bonds is 8. The average Bonchev–Trinajstić information content (AvgIpc) is 2.98. The van der Waals surface area contributed by atoms with Crippen LogP contribution in [0.1, 0.15) is 24.0 Å². The summed E-state index contributed by atoms with van der Waals surface area (Å²) in [5.74, 6) is -1.93. The van der Waals surface area contributed by atoms with Gasteiger partial charge in [-0.3, -0.25) is 4.79 Å². The Hall–Kier alpha value is -4.05. The molecule has 2 aromatic carbocycles. The fourth-order valence-electron chi connectivity index (χ4n) is 5.50. The third-order valence-electron chi connectivity index (χ3n) is 7.73. The van der Waals surface area contributed by atoms with Gasteiger partial charge in [0.25, 0.3) is 0 Å². The number of carboxylic acid groups (broad SMARTS) is 1. The van der Waals surface area contributed by atoms with E-state index in [9.17, 15) is 14.7 Å². The third-order valence-corrected chi connectivity index (χ3v) is 7.73. The van der Waals surface area contributed by atoms with Crippen LogP contribution in [-0.2, 0) is 16.0 Å². The number of hydrogen-bond donors (Lipinski definition) is 3. The molecule has 3 heterocycles. The van der Waals surface area contributed by atoms with E-state index in [1.54, 1.807) is 4.90 Å². The van der Waals surface area contributed by atoms with Crippen LogP contribution in [0.3, 0.4) is 0 Å². The standard InChI is InChI=1S/C30H35FN6O3/c1-20-5-2-3-7-24(20)22-10-8-21(9-11-22)17-25(30(39)40)35-29(38)23-6-4-14-37(18-23)28-26(31)27(33-19-34-28)36-15-12-32-13-16-36/h2-3,5,7-11,19,23,25,32H,4,6,12-18H2,1H3,(H,35,38)(H,39,40)/t23?,25-/m0/s1. The fourth-order valence-corrected chi connectivity index (χ4v) is 5.50. The first-order valence-corrected chi connectivity index (χ1v) is 13.8. The fraction of sp³-hybridized carbons (Fsp3) is 0.400. The average molecular weight is 547 g/mol. The largest absolute Gasteiger partial charge is 0.480 e. The van der Waals surface area contributed by atoms with Crippen molar-refractivity contribution in [1.82, 2.24) is 20.6 Å². The number of amides is 1. The Kier molecular flexibility index (Phi) is 8.54. The van der Waals surface area contributed by atoms with Crippen molar-refractivity contribution in [3.63, 3.8) is 0 Å². The summed E-state index contributed by atoms with van der Waals surface area (Å²) in [7, 11) is 0. The number of nitrogens with one attached hydrogen (secondary N) is 2. The van der Waals surface area contributed by atoms with Crippen LogP contribution in [0.15, 0.2) is 54.9 Å². The second-order valence-corrected chi connectivity index (χ2v) is 10.5. The van der Waals surface area contributed by atoms with Gasteiger partial charge in [0.1, 0.15) is 12.4 Å². The van der Waals surface area contributed by atoms with Gasteiger partial charge in [0, 0.05) is 45.7 Å². The lowest BCUT2D eigenvalue weighted by molar-refractivity contribution is -0.142. The highest BCUT2D eigenvalue weighted by molar-refractivity contribution is 5.85. The van der Waals surface area contributed by atoms with E-state index < -0.39 is 23.7 Å². The quantitative estimate of drug-likeness (QED) is 0.396. The maximum Gasteiger partial charge on any atom is 0.326 e. The first kappa shape index (κ1) is 27.5. The Labute approximate surface area is 233 Å². The molecule has 2 aliphatic heterocycles. The number of carbonyl (C=O) groups excluding carboxylic acids is 1. The molecule has 2 saturated heterocycles. The number of anilines is 2. The van der Waals surface area contributed by atoms with Crippen LogP contribution in [0, 0.1) is 18.7 Å². The van der Waals surface area contributed by atoms with E-state index in [-0.39, 0.29) is 30.5 Å². The highest BCUT2D eigenvalue weighted by Crippen LogP contribution is 2.29. The highest BCUT2D eigenvalue weighted by Gasteiger charge is 2.32. The van der Waals surface area contributed by atoms with Crippen LogP contribution in [0.5, 0.6) is 0 Å². The predicted molar refractivity (Wildman–Crippen MR) is 152 cm³/mol. The summed E-state index contributed by atoms with van der Waals surface area (Å²) < 4.78 is 15.5. The maximum atomic E-state index is 15.5. The van der Waals surface area contributed by atoms with Crippen molar-refractivity contribution in [2.45, 2.75) is 32.2 Å². The molecule has 2 atom stereocenters. The van der Waals surface area contributed by atoms with Gasteiger partial charge in [-0.25, -0.2) is 14.8 Å². The number of piperidine rings is 1. The van der Waals surface area contributed by atoms with E-state index in [1.165, 1.54) is 6.33 Å². The number of aryl methyl sites for hydroxylation is 1. The predicted octanol–water partition coefficient (Wildman–Crippen LogP) is 3.03. The molecule has 10 heteroatoms. The molecule has 0 saturated carbocycles. The van der Waals surface area contributed by atoms with E-state index >= 15 is 4.39 Å². The zero-order valence-electron chi connectivity index (χ0n) is 22.6. The van der Waals surface area contributed by atoms with Crippen molar-refractivity contribution < 1.29 is 19.1 Å². The van der Waals surface area contributed by atoms with Crippen molar-refractivity contribution in [3.05, 3.63) is 71.8 Å². The number of benzene rings is 2. The summed E-state index contributed by atoms with van der Waals surface area (Å²) >= 11 is 0. The minimum absolute atomic E-state index is 0.167. The molecule has 0 bridgehead atoms. The summed E-state index contributed by atoms with van der Waals surface area (Å²) in [4.78, 5) is 37.3. The molecule has 2 fully saturated rings. The Morgan fingerprint density at radius 1 is 1.05 bits per heavy atom. The number of carbonyl (C=O) groups is 2. The van der Waals surface area contributed by atoms with Gasteiger partial charge in [-0.05, 0) is 42.0 Å². The Morgan fingerprint density at radius 2 is 1.75 bits per heavy atom. The van der Waals surface area contributed by atoms with Crippen molar-refractivity contribution in [1.29, 1.82) is 0 Å². The highest BCUT2D eigenvalue weighted by atomic mass is 19.1. The van der Waals surface area contributed by atoms with Crippen LogP contribution in [0.2, 0.25) is 0 Å². The van der Waals surface area contributed by atoms with E-state index in [1.807, 2.05) is 41.3 Å². The number of hydrogen-bond acceptors (Lipinski definition) is 7. The monoisotopic (exact) mass is 546 g/mol. The number of carboxylic acids is 1. The Balaban J connectivity index is 1.24. The Bertz CT molecular complexity index is 1350. The lowest BCUT2D eigenvalue weighted by Crippen LogP contribution is -2.49. The molecule has 1 aromatic heterocycles. The molecule has 0 radical (unpaired) electrons. The van der Waals surface area contributed by atoms with Crippen molar-refractivity contribution in [3.8, 4) is 11.1 Å². The number of halogens is 1. The summed E-state index contributed by atoms with van der Waals surface area (Å²) in [6, 6.07) is 14.8. The summed E-state index contributed by atoms with van der Waals surface area (Å²) in [5.41, 5.74) is 4.16. The smallest absolute Gasteiger partial charge is 0.326 e. The second-order valence-electron chi connectivity index (χ2n) is 10.5. The van der Waals surface area contributed by atoms with Crippen LogP contribution in [0.4, 0.5) is 16.0 Å². The van der Waals surface area contributed by atoms with E-state index in [0.717, 1.165) is 35.3 Å². The maximum absolute atomic E-state index is 15.5. The van der Waals surface area contributed by atoms with Gasteiger partial charge < -0.3 is 25.5 Å². The van der Waals surface area contributed by atoms with Crippen molar-refractivity contribution in [2.75, 3.05) is 49.1 Å². The molecule has 0 aliphatic carbocycles.